The number of ether oxygens (including phenoxy) is 2. The van der Waals surface area contributed by atoms with Gasteiger partial charge in [0.25, 0.3) is 0 Å². The fourth-order valence-corrected chi connectivity index (χ4v) is 3.54. The van der Waals surface area contributed by atoms with Crippen molar-refractivity contribution < 1.29 is 23.9 Å². The Balaban J connectivity index is 2.14. The number of Topliss-reactive ketones (excluding diaryl/α,β-unsaturated/α-hetero) is 1. The zero-order valence-electron chi connectivity index (χ0n) is 16.2. The molecule has 1 fully saturated rings. The van der Waals surface area contributed by atoms with E-state index < -0.39 is 0 Å². The van der Waals surface area contributed by atoms with Crippen LogP contribution < -0.4 is 15.2 Å². The summed E-state index contributed by atoms with van der Waals surface area (Å²) in [4.78, 5) is 37.7. The number of ketones is 1. The molecule has 2 N–H and O–H groups in total. The van der Waals surface area contributed by atoms with E-state index in [2.05, 4.69) is 0 Å². The Bertz CT molecular complexity index is 717. The monoisotopic (exact) mass is 376 g/mol. The van der Waals surface area contributed by atoms with E-state index in [0.29, 0.717) is 48.6 Å². The summed E-state index contributed by atoms with van der Waals surface area (Å²) >= 11 is 0. The molecule has 1 unspecified atom stereocenters. The van der Waals surface area contributed by atoms with Gasteiger partial charge in [-0.05, 0) is 49.8 Å². The summed E-state index contributed by atoms with van der Waals surface area (Å²) < 4.78 is 10.6. The van der Waals surface area contributed by atoms with E-state index in [1.165, 1.54) is 21.1 Å². The number of nitrogens with zero attached hydrogens (tertiary/aromatic N) is 1. The topological polar surface area (TPSA) is 98.9 Å². The lowest BCUT2D eigenvalue weighted by molar-refractivity contribution is -0.132. The summed E-state index contributed by atoms with van der Waals surface area (Å²) in [5.41, 5.74) is 6.32. The summed E-state index contributed by atoms with van der Waals surface area (Å²) in [6.07, 6.45) is 3.07. The Hall–Kier alpha value is -2.57. The Morgan fingerprint density at radius 2 is 1.85 bits per heavy atom. The summed E-state index contributed by atoms with van der Waals surface area (Å²) in [7, 11) is 3.03. The number of hydrogen-bond donors (Lipinski definition) is 1. The van der Waals surface area contributed by atoms with Crippen molar-refractivity contribution >= 4 is 17.6 Å². The molecule has 7 nitrogen and oxygen atoms in total. The van der Waals surface area contributed by atoms with E-state index >= 15 is 0 Å². The van der Waals surface area contributed by atoms with Gasteiger partial charge in [-0.15, -0.1) is 0 Å². The fourth-order valence-electron chi connectivity index (χ4n) is 3.54. The number of likely N-dealkylation sites (tertiary alicyclic amines) is 1. The van der Waals surface area contributed by atoms with Crippen LogP contribution in [-0.2, 0) is 16.0 Å². The third-order valence-electron chi connectivity index (χ3n) is 5.00. The molecule has 7 heteroatoms. The first-order valence-corrected chi connectivity index (χ1v) is 9.17. The van der Waals surface area contributed by atoms with Crippen molar-refractivity contribution in [2.75, 3.05) is 27.3 Å². The molecule has 0 radical (unpaired) electrons. The molecule has 1 atom stereocenters. The van der Waals surface area contributed by atoms with Crippen molar-refractivity contribution in [1.29, 1.82) is 0 Å². The van der Waals surface area contributed by atoms with Crippen LogP contribution in [-0.4, -0.2) is 49.8 Å². The van der Waals surface area contributed by atoms with Gasteiger partial charge in [-0.2, -0.15) is 0 Å². The molecule has 1 aliphatic rings. The SMILES string of the molecule is COc1cc(CC(=O)N2CCCC(CCC(N)=O)C2)c(C(C)=O)cc1OC. The molecule has 0 bridgehead atoms. The third kappa shape index (κ3) is 5.45. The lowest BCUT2D eigenvalue weighted by atomic mass is 9.92. The van der Waals surface area contributed by atoms with Gasteiger partial charge in [-0.25, -0.2) is 0 Å². The smallest absolute Gasteiger partial charge is 0.227 e. The average molecular weight is 376 g/mol. The Labute approximate surface area is 159 Å². The van der Waals surface area contributed by atoms with Gasteiger partial charge in [0.1, 0.15) is 0 Å². The van der Waals surface area contributed by atoms with Gasteiger partial charge >= 0.3 is 0 Å². The molecule has 1 aromatic carbocycles. The first-order chi connectivity index (χ1) is 12.8. The Morgan fingerprint density at radius 1 is 1.19 bits per heavy atom. The first-order valence-electron chi connectivity index (χ1n) is 9.17. The Kier molecular flexibility index (Phi) is 7.21. The second-order valence-electron chi connectivity index (χ2n) is 6.95. The normalized spacial score (nSPS) is 16.7. The molecule has 2 rings (SSSR count). The number of methoxy groups -OCH3 is 2. The second-order valence-corrected chi connectivity index (χ2v) is 6.95. The molecule has 0 spiro atoms. The van der Waals surface area contributed by atoms with Crippen LogP contribution in [0.1, 0.15) is 48.5 Å². The maximum absolute atomic E-state index is 12.8. The largest absolute Gasteiger partial charge is 0.493 e. The maximum Gasteiger partial charge on any atom is 0.227 e. The first kappa shape index (κ1) is 20.7. The number of carbonyl (C=O) groups is 3. The zero-order chi connectivity index (χ0) is 20.0. The van der Waals surface area contributed by atoms with Crippen LogP contribution in [0.15, 0.2) is 12.1 Å². The van der Waals surface area contributed by atoms with E-state index in [9.17, 15) is 14.4 Å². The molecule has 148 valence electrons. The minimum atomic E-state index is -0.310. The van der Waals surface area contributed by atoms with Crippen LogP contribution in [0.4, 0.5) is 0 Å². The number of benzene rings is 1. The van der Waals surface area contributed by atoms with Crippen LogP contribution in [0.2, 0.25) is 0 Å². The number of carbonyl (C=O) groups excluding carboxylic acids is 3. The molecule has 0 saturated carbocycles. The van der Waals surface area contributed by atoms with Crippen LogP contribution in [0.3, 0.4) is 0 Å². The Morgan fingerprint density at radius 3 is 2.44 bits per heavy atom. The van der Waals surface area contributed by atoms with Crippen LogP contribution in [0, 0.1) is 5.92 Å². The lowest BCUT2D eigenvalue weighted by Gasteiger charge is -2.33. The van der Waals surface area contributed by atoms with Crippen LogP contribution in [0.25, 0.3) is 0 Å². The molecular formula is C20H28N2O5. The van der Waals surface area contributed by atoms with E-state index in [0.717, 1.165) is 12.8 Å². The standard InChI is InChI=1S/C20H28N2O5/c1-13(23)16-11-18(27-3)17(26-2)9-15(16)10-20(25)22-8-4-5-14(12-22)6-7-19(21)24/h9,11,14H,4-8,10,12H2,1-3H3,(H2,21,24). The van der Waals surface area contributed by atoms with Crippen molar-refractivity contribution in [3.63, 3.8) is 0 Å². The summed E-state index contributed by atoms with van der Waals surface area (Å²) in [6.45, 7) is 2.78. The predicted molar refractivity (Wildman–Crippen MR) is 101 cm³/mol. The maximum atomic E-state index is 12.8. The number of primary amides is 1. The van der Waals surface area contributed by atoms with Crippen molar-refractivity contribution in [3.8, 4) is 11.5 Å². The molecule has 2 amide bonds. The van der Waals surface area contributed by atoms with Gasteiger partial charge in [0.2, 0.25) is 11.8 Å². The lowest BCUT2D eigenvalue weighted by Crippen LogP contribution is -2.41. The van der Waals surface area contributed by atoms with Crippen molar-refractivity contribution in [3.05, 3.63) is 23.3 Å². The molecule has 27 heavy (non-hydrogen) atoms. The summed E-state index contributed by atoms with van der Waals surface area (Å²) in [5, 5.41) is 0. The minimum Gasteiger partial charge on any atom is -0.493 e. The number of nitrogens with two attached hydrogens (primary N) is 1. The molecule has 1 heterocycles. The van der Waals surface area contributed by atoms with Gasteiger partial charge in [0.15, 0.2) is 17.3 Å². The molecule has 0 aliphatic carbocycles. The van der Waals surface area contributed by atoms with Crippen molar-refractivity contribution in [2.45, 2.75) is 39.0 Å². The fraction of sp³-hybridized carbons (Fsp3) is 0.550. The zero-order valence-corrected chi connectivity index (χ0v) is 16.2. The highest BCUT2D eigenvalue weighted by molar-refractivity contribution is 5.97. The van der Waals surface area contributed by atoms with Crippen LogP contribution in [0.5, 0.6) is 11.5 Å². The average Bonchev–Trinajstić information content (AvgIpc) is 2.65. The predicted octanol–water partition coefficient (Wildman–Crippen LogP) is 1.95. The summed E-state index contributed by atoms with van der Waals surface area (Å²) in [6, 6.07) is 3.32. The molecule has 1 aromatic rings. The minimum absolute atomic E-state index is 0.0338. The number of amides is 2. The van der Waals surface area contributed by atoms with Crippen molar-refractivity contribution in [1.82, 2.24) is 4.90 Å². The molecular weight excluding hydrogens is 348 g/mol. The van der Waals surface area contributed by atoms with Gasteiger partial charge in [-0.1, -0.05) is 0 Å². The van der Waals surface area contributed by atoms with Gasteiger partial charge < -0.3 is 20.1 Å². The highest BCUT2D eigenvalue weighted by Crippen LogP contribution is 2.31. The van der Waals surface area contributed by atoms with E-state index in [1.807, 2.05) is 4.90 Å². The third-order valence-corrected chi connectivity index (χ3v) is 5.00. The highest BCUT2D eigenvalue weighted by Gasteiger charge is 2.25. The van der Waals surface area contributed by atoms with E-state index in [4.69, 9.17) is 15.2 Å². The van der Waals surface area contributed by atoms with Gasteiger partial charge in [-0.3, -0.25) is 14.4 Å². The van der Waals surface area contributed by atoms with Gasteiger partial charge in [0, 0.05) is 25.1 Å². The van der Waals surface area contributed by atoms with Crippen LogP contribution >= 0.6 is 0 Å². The van der Waals surface area contributed by atoms with E-state index in [-0.39, 0.29) is 29.9 Å². The number of hydrogen-bond acceptors (Lipinski definition) is 5. The molecule has 1 aliphatic heterocycles. The second kappa shape index (κ2) is 9.39. The highest BCUT2D eigenvalue weighted by atomic mass is 16.5. The number of piperidine rings is 1. The quantitative estimate of drug-likeness (QED) is 0.699. The van der Waals surface area contributed by atoms with Crippen molar-refractivity contribution in [2.24, 2.45) is 11.7 Å². The van der Waals surface area contributed by atoms with Gasteiger partial charge in [0.05, 0.1) is 20.6 Å². The summed E-state index contributed by atoms with van der Waals surface area (Å²) in [5.74, 6) is 0.764. The molecule has 1 saturated heterocycles. The molecule has 0 aromatic heterocycles. The number of rotatable bonds is 8. The van der Waals surface area contributed by atoms with E-state index in [1.54, 1.807) is 12.1 Å².